The van der Waals surface area contributed by atoms with Gasteiger partial charge in [0.05, 0.1) is 19.3 Å². The maximum Gasteiger partial charge on any atom is 0.197 e. The van der Waals surface area contributed by atoms with Gasteiger partial charge in [-0.05, 0) is 31.3 Å². The summed E-state index contributed by atoms with van der Waals surface area (Å²) >= 11 is 1.34. The number of nitrogens with zero attached hydrogens (tertiary/aromatic N) is 1. The molecular formula is C10H17N3O2S. The van der Waals surface area contributed by atoms with Crippen molar-refractivity contribution in [3.05, 3.63) is 0 Å². The second-order valence-electron chi connectivity index (χ2n) is 3.72. The van der Waals surface area contributed by atoms with E-state index in [1.807, 2.05) is 6.92 Å². The van der Waals surface area contributed by atoms with Crippen LogP contribution < -0.4 is 15.8 Å². The van der Waals surface area contributed by atoms with Crippen LogP contribution in [-0.2, 0) is 4.74 Å². The summed E-state index contributed by atoms with van der Waals surface area (Å²) in [6.07, 6.45) is 2.21. The van der Waals surface area contributed by atoms with Gasteiger partial charge in [0.15, 0.2) is 16.6 Å². The van der Waals surface area contributed by atoms with Crippen LogP contribution in [0.4, 0.5) is 10.8 Å². The lowest BCUT2D eigenvalue weighted by Gasteiger charge is -2.23. The van der Waals surface area contributed by atoms with Crippen molar-refractivity contribution < 1.29 is 9.47 Å². The van der Waals surface area contributed by atoms with E-state index in [0.29, 0.717) is 24.2 Å². The Morgan fingerprint density at radius 1 is 1.69 bits per heavy atom. The highest BCUT2D eigenvalue weighted by molar-refractivity contribution is 7.11. The Balaban J connectivity index is 2.02. The summed E-state index contributed by atoms with van der Waals surface area (Å²) in [6.45, 7) is 4.13. The average molecular weight is 243 g/mol. The minimum absolute atomic E-state index is 0.341. The number of ether oxygens (including phenoxy) is 2. The summed E-state index contributed by atoms with van der Waals surface area (Å²) in [4.78, 5) is 0. The standard InChI is InChI=1S/C10H17N3O2S/c1-2-15-8-9(11)13-16-10(8)12-7-4-3-5-14-6-7/h7,12H,2-6H2,1H3,(H2,11,13). The predicted molar refractivity (Wildman–Crippen MR) is 65.2 cm³/mol. The number of hydrogen-bond acceptors (Lipinski definition) is 6. The topological polar surface area (TPSA) is 69.4 Å². The smallest absolute Gasteiger partial charge is 0.197 e. The zero-order chi connectivity index (χ0) is 11.4. The van der Waals surface area contributed by atoms with Gasteiger partial charge >= 0.3 is 0 Å². The molecule has 16 heavy (non-hydrogen) atoms. The third-order valence-electron chi connectivity index (χ3n) is 2.46. The highest BCUT2D eigenvalue weighted by atomic mass is 32.1. The number of aromatic nitrogens is 1. The zero-order valence-corrected chi connectivity index (χ0v) is 10.2. The van der Waals surface area contributed by atoms with Crippen molar-refractivity contribution in [3.63, 3.8) is 0 Å². The number of anilines is 2. The Bertz CT molecular complexity index is 337. The van der Waals surface area contributed by atoms with Gasteiger partial charge in [-0.3, -0.25) is 0 Å². The van der Waals surface area contributed by atoms with Gasteiger partial charge in [0.1, 0.15) is 0 Å². The third-order valence-corrected chi connectivity index (χ3v) is 3.23. The number of rotatable bonds is 4. The van der Waals surface area contributed by atoms with E-state index in [2.05, 4.69) is 9.69 Å². The Morgan fingerprint density at radius 3 is 3.25 bits per heavy atom. The van der Waals surface area contributed by atoms with E-state index in [4.69, 9.17) is 15.2 Å². The molecule has 3 N–H and O–H groups in total. The molecule has 5 nitrogen and oxygen atoms in total. The third kappa shape index (κ3) is 2.56. The van der Waals surface area contributed by atoms with Crippen LogP contribution in [0.3, 0.4) is 0 Å². The normalized spacial score (nSPS) is 20.7. The summed E-state index contributed by atoms with van der Waals surface area (Å²) < 4.78 is 15.0. The fourth-order valence-corrected chi connectivity index (χ4v) is 2.45. The molecule has 0 radical (unpaired) electrons. The van der Waals surface area contributed by atoms with Crippen molar-refractivity contribution in [3.8, 4) is 5.75 Å². The Morgan fingerprint density at radius 2 is 2.56 bits per heavy atom. The molecule has 1 aliphatic rings. The minimum atomic E-state index is 0.341. The lowest BCUT2D eigenvalue weighted by Crippen LogP contribution is -2.29. The molecular weight excluding hydrogens is 226 g/mol. The molecule has 0 aromatic carbocycles. The predicted octanol–water partition coefficient (Wildman–Crippen LogP) is 1.71. The monoisotopic (exact) mass is 243 g/mol. The average Bonchev–Trinajstić information content (AvgIpc) is 2.64. The number of nitrogens with one attached hydrogen (secondary N) is 1. The van der Waals surface area contributed by atoms with E-state index in [0.717, 1.165) is 31.1 Å². The lowest BCUT2D eigenvalue weighted by molar-refractivity contribution is 0.0876. The fraction of sp³-hybridized carbons (Fsp3) is 0.700. The molecule has 1 saturated heterocycles. The fourth-order valence-electron chi connectivity index (χ4n) is 1.71. The summed E-state index contributed by atoms with van der Waals surface area (Å²) in [7, 11) is 0. The van der Waals surface area contributed by atoms with Gasteiger partial charge in [-0.2, -0.15) is 4.37 Å². The second-order valence-corrected chi connectivity index (χ2v) is 4.49. The van der Waals surface area contributed by atoms with Crippen molar-refractivity contribution in [2.24, 2.45) is 0 Å². The molecule has 0 aliphatic carbocycles. The van der Waals surface area contributed by atoms with Crippen LogP contribution in [0.1, 0.15) is 19.8 Å². The highest BCUT2D eigenvalue weighted by Gasteiger charge is 2.18. The summed E-state index contributed by atoms with van der Waals surface area (Å²) in [5, 5.41) is 4.29. The molecule has 0 amide bonds. The molecule has 1 aromatic heterocycles. The Hall–Kier alpha value is -1.01. The van der Waals surface area contributed by atoms with E-state index < -0.39 is 0 Å². The Kier molecular flexibility index (Phi) is 3.84. The summed E-state index contributed by atoms with van der Waals surface area (Å²) in [5.74, 6) is 1.14. The minimum Gasteiger partial charge on any atom is -0.487 e. The first-order valence-corrected chi connectivity index (χ1v) is 6.30. The van der Waals surface area contributed by atoms with E-state index in [-0.39, 0.29) is 0 Å². The van der Waals surface area contributed by atoms with Gasteiger partial charge in [-0.1, -0.05) is 0 Å². The van der Waals surface area contributed by atoms with Crippen LogP contribution in [-0.4, -0.2) is 30.2 Å². The van der Waals surface area contributed by atoms with Gasteiger partial charge in [-0.25, -0.2) is 0 Å². The molecule has 0 spiro atoms. The second kappa shape index (κ2) is 5.36. The first-order valence-electron chi connectivity index (χ1n) is 5.53. The zero-order valence-electron chi connectivity index (χ0n) is 9.36. The van der Waals surface area contributed by atoms with Crippen LogP contribution in [0.25, 0.3) is 0 Å². The van der Waals surface area contributed by atoms with Gasteiger partial charge in [0, 0.05) is 6.61 Å². The van der Waals surface area contributed by atoms with Crippen molar-refractivity contribution in [1.82, 2.24) is 4.37 Å². The van der Waals surface area contributed by atoms with E-state index >= 15 is 0 Å². The molecule has 6 heteroatoms. The van der Waals surface area contributed by atoms with Crippen LogP contribution >= 0.6 is 11.5 Å². The highest BCUT2D eigenvalue weighted by Crippen LogP contribution is 2.36. The molecule has 1 fully saturated rings. The van der Waals surface area contributed by atoms with Gasteiger partial charge in [0.2, 0.25) is 0 Å². The molecule has 90 valence electrons. The van der Waals surface area contributed by atoms with E-state index in [1.165, 1.54) is 11.5 Å². The van der Waals surface area contributed by atoms with Crippen LogP contribution in [0.2, 0.25) is 0 Å². The van der Waals surface area contributed by atoms with Gasteiger partial charge in [-0.15, -0.1) is 0 Å². The quantitative estimate of drug-likeness (QED) is 0.842. The van der Waals surface area contributed by atoms with E-state index in [1.54, 1.807) is 0 Å². The van der Waals surface area contributed by atoms with Crippen LogP contribution in [0, 0.1) is 0 Å². The molecule has 1 unspecified atom stereocenters. The van der Waals surface area contributed by atoms with Gasteiger partial charge < -0.3 is 20.5 Å². The van der Waals surface area contributed by atoms with Crippen LogP contribution in [0.15, 0.2) is 0 Å². The largest absolute Gasteiger partial charge is 0.487 e. The number of nitrogens with two attached hydrogens (primary N) is 1. The van der Waals surface area contributed by atoms with Crippen LogP contribution in [0.5, 0.6) is 5.75 Å². The number of hydrogen-bond donors (Lipinski definition) is 2. The van der Waals surface area contributed by atoms with Crippen molar-refractivity contribution >= 4 is 22.4 Å². The molecule has 1 aromatic rings. The summed E-state index contributed by atoms with van der Waals surface area (Å²) in [6, 6.07) is 0.341. The SMILES string of the molecule is CCOc1c(N)nsc1NC1CCCOC1. The van der Waals surface area contributed by atoms with Crippen molar-refractivity contribution in [1.29, 1.82) is 0 Å². The van der Waals surface area contributed by atoms with Crippen molar-refractivity contribution in [2.75, 3.05) is 30.9 Å². The maximum absolute atomic E-state index is 5.74. The molecule has 2 rings (SSSR count). The number of nitrogen functional groups attached to an aromatic ring is 1. The molecule has 0 bridgehead atoms. The first kappa shape index (κ1) is 11.5. The molecule has 2 heterocycles. The van der Waals surface area contributed by atoms with Crippen molar-refractivity contribution in [2.45, 2.75) is 25.8 Å². The molecule has 1 atom stereocenters. The Labute approximate surface area is 99.1 Å². The molecule has 1 aliphatic heterocycles. The van der Waals surface area contributed by atoms with E-state index in [9.17, 15) is 0 Å². The first-order chi connectivity index (χ1) is 7.81. The summed E-state index contributed by atoms with van der Waals surface area (Å²) in [5.41, 5.74) is 5.74. The lowest BCUT2D eigenvalue weighted by atomic mass is 10.1. The molecule has 0 saturated carbocycles. The van der Waals surface area contributed by atoms with Gasteiger partial charge in [0.25, 0.3) is 0 Å². The maximum atomic E-state index is 5.74.